The number of piperidine rings is 1. The highest BCUT2D eigenvalue weighted by molar-refractivity contribution is 9.09. The maximum Gasteiger partial charge on any atom is 0.243 e. The molecule has 1 aromatic carbocycles. The van der Waals surface area contributed by atoms with Gasteiger partial charge in [0, 0.05) is 24.5 Å². The smallest absolute Gasteiger partial charge is 0.243 e. The first-order chi connectivity index (χ1) is 10.1. The van der Waals surface area contributed by atoms with E-state index in [4.69, 9.17) is 9.47 Å². The van der Waals surface area contributed by atoms with Gasteiger partial charge in [-0.1, -0.05) is 15.9 Å². The Labute approximate surface area is 133 Å². The van der Waals surface area contributed by atoms with Gasteiger partial charge in [0.2, 0.25) is 10.0 Å². The van der Waals surface area contributed by atoms with Crippen LogP contribution in [0.1, 0.15) is 12.8 Å². The second kappa shape index (κ2) is 6.14. The molecule has 0 aliphatic carbocycles. The Morgan fingerprint density at radius 3 is 2.76 bits per heavy atom. The molecule has 2 heterocycles. The molecule has 0 amide bonds. The molecule has 2 aliphatic rings. The van der Waals surface area contributed by atoms with Gasteiger partial charge in [0.15, 0.2) is 11.5 Å². The van der Waals surface area contributed by atoms with Crippen molar-refractivity contribution in [3.63, 3.8) is 0 Å². The van der Waals surface area contributed by atoms with Gasteiger partial charge in [0.1, 0.15) is 13.2 Å². The molecule has 5 nitrogen and oxygen atoms in total. The van der Waals surface area contributed by atoms with Crippen LogP contribution in [0.2, 0.25) is 0 Å². The first-order valence-corrected chi connectivity index (χ1v) is 9.63. The highest BCUT2D eigenvalue weighted by atomic mass is 79.9. The largest absolute Gasteiger partial charge is 0.486 e. The average Bonchev–Trinajstić information content (AvgIpc) is 2.54. The van der Waals surface area contributed by atoms with E-state index in [1.165, 1.54) is 0 Å². The number of ether oxygens (including phenoxy) is 2. The molecule has 0 aromatic heterocycles. The second-order valence-electron chi connectivity index (χ2n) is 5.33. The van der Waals surface area contributed by atoms with Crippen molar-refractivity contribution >= 4 is 26.0 Å². The Morgan fingerprint density at radius 1 is 1.24 bits per heavy atom. The molecule has 0 spiro atoms. The Morgan fingerprint density at radius 2 is 2.00 bits per heavy atom. The molecule has 0 radical (unpaired) electrons. The fourth-order valence-electron chi connectivity index (χ4n) is 2.70. The molecule has 0 bridgehead atoms. The summed E-state index contributed by atoms with van der Waals surface area (Å²) in [6, 6.07) is 4.84. The fourth-order valence-corrected chi connectivity index (χ4v) is 4.80. The molecule has 1 atom stereocenters. The van der Waals surface area contributed by atoms with E-state index in [9.17, 15) is 8.42 Å². The molecule has 2 aliphatic heterocycles. The minimum atomic E-state index is -3.46. The number of fused-ring (bicyclic) bond motifs is 1. The summed E-state index contributed by atoms with van der Waals surface area (Å²) >= 11 is 3.45. The standard InChI is InChI=1S/C14H18BrNO4S/c15-9-11-2-1-5-16(10-11)21(17,18)12-3-4-13-14(8-12)20-7-6-19-13/h3-4,8,11H,1-2,5-7,9-10H2. The topological polar surface area (TPSA) is 55.8 Å². The molecule has 21 heavy (non-hydrogen) atoms. The minimum absolute atomic E-state index is 0.280. The van der Waals surface area contributed by atoms with Crippen LogP contribution >= 0.6 is 15.9 Å². The molecule has 1 aromatic rings. The highest BCUT2D eigenvalue weighted by Crippen LogP contribution is 2.34. The van der Waals surface area contributed by atoms with Gasteiger partial charge >= 0.3 is 0 Å². The van der Waals surface area contributed by atoms with Crippen LogP contribution in [0.25, 0.3) is 0 Å². The first-order valence-electron chi connectivity index (χ1n) is 7.07. The zero-order valence-electron chi connectivity index (χ0n) is 11.6. The molecular formula is C14H18BrNO4S. The summed E-state index contributed by atoms with van der Waals surface area (Å²) in [5.74, 6) is 1.50. The summed E-state index contributed by atoms with van der Waals surface area (Å²) in [5.41, 5.74) is 0. The Hall–Kier alpha value is -0.790. The first kappa shape index (κ1) is 15.1. The van der Waals surface area contributed by atoms with Crippen molar-refractivity contribution in [1.82, 2.24) is 4.31 Å². The van der Waals surface area contributed by atoms with E-state index in [2.05, 4.69) is 15.9 Å². The van der Waals surface area contributed by atoms with Crippen LogP contribution in [-0.2, 0) is 10.0 Å². The van der Waals surface area contributed by atoms with Crippen molar-refractivity contribution in [3.8, 4) is 11.5 Å². The van der Waals surface area contributed by atoms with Gasteiger partial charge in [-0.2, -0.15) is 4.31 Å². The van der Waals surface area contributed by atoms with E-state index in [-0.39, 0.29) is 4.90 Å². The number of benzene rings is 1. The third-order valence-corrected chi connectivity index (χ3v) is 6.63. The summed E-state index contributed by atoms with van der Waals surface area (Å²) in [6.07, 6.45) is 1.97. The number of nitrogens with zero attached hydrogens (tertiary/aromatic N) is 1. The van der Waals surface area contributed by atoms with Gasteiger partial charge in [0.05, 0.1) is 4.90 Å². The predicted octanol–water partition coefficient (Wildman–Crippen LogP) is 2.25. The van der Waals surface area contributed by atoms with E-state index in [1.807, 2.05) is 0 Å². The Kier molecular flexibility index (Phi) is 4.42. The van der Waals surface area contributed by atoms with Crippen LogP contribution in [0.15, 0.2) is 23.1 Å². The average molecular weight is 376 g/mol. The van der Waals surface area contributed by atoms with Crippen LogP contribution < -0.4 is 9.47 Å². The van der Waals surface area contributed by atoms with E-state index < -0.39 is 10.0 Å². The van der Waals surface area contributed by atoms with E-state index in [0.717, 1.165) is 18.2 Å². The molecular weight excluding hydrogens is 358 g/mol. The summed E-state index contributed by atoms with van der Waals surface area (Å²) < 4.78 is 38.0. The van der Waals surface area contributed by atoms with Gasteiger partial charge in [0.25, 0.3) is 0 Å². The van der Waals surface area contributed by atoms with E-state index in [1.54, 1.807) is 22.5 Å². The van der Waals surface area contributed by atoms with Gasteiger partial charge in [-0.15, -0.1) is 0 Å². The van der Waals surface area contributed by atoms with Gasteiger partial charge < -0.3 is 9.47 Å². The molecule has 116 valence electrons. The zero-order valence-corrected chi connectivity index (χ0v) is 14.0. The van der Waals surface area contributed by atoms with Crippen molar-refractivity contribution in [2.45, 2.75) is 17.7 Å². The number of alkyl halides is 1. The lowest BCUT2D eigenvalue weighted by molar-refractivity contribution is 0.171. The van der Waals surface area contributed by atoms with Gasteiger partial charge in [-0.25, -0.2) is 8.42 Å². The quantitative estimate of drug-likeness (QED) is 0.760. The van der Waals surface area contributed by atoms with Crippen LogP contribution in [0.4, 0.5) is 0 Å². The van der Waals surface area contributed by atoms with Crippen LogP contribution in [-0.4, -0.2) is 44.4 Å². The zero-order chi connectivity index (χ0) is 14.9. The fraction of sp³-hybridized carbons (Fsp3) is 0.571. The molecule has 1 unspecified atom stereocenters. The summed E-state index contributed by atoms with van der Waals surface area (Å²) in [5, 5.41) is 0.833. The summed E-state index contributed by atoms with van der Waals surface area (Å²) in [7, 11) is -3.46. The number of sulfonamides is 1. The lowest BCUT2D eigenvalue weighted by atomic mass is 10.0. The Balaban J connectivity index is 1.87. The molecule has 1 saturated heterocycles. The normalized spacial score (nSPS) is 23.0. The predicted molar refractivity (Wildman–Crippen MR) is 82.7 cm³/mol. The monoisotopic (exact) mass is 375 g/mol. The maximum absolute atomic E-state index is 12.7. The second-order valence-corrected chi connectivity index (χ2v) is 7.92. The number of hydrogen-bond acceptors (Lipinski definition) is 4. The molecule has 1 fully saturated rings. The SMILES string of the molecule is O=S(=O)(c1ccc2c(c1)OCCO2)N1CCCC(CBr)C1. The molecule has 0 saturated carbocycles. The minimum Gasteiger partial charge on any atom is -0.486 e. The highest BCUT2D eigenvalue weighted by Gasteiger charge is 2.30. The Bertz CT molecular complexity index is 619. The summed E-state index contributed by atoms with van der Waals surface area (Å²) in [6.45, 7) is 2.10. The molecule has 3 rings (SSSR count). The van der Waals surface area contributed by atoms with Crippen LogP contribution in [0, 0.1) is 5.92 Å². The molecule has 7 heteroatoms. The van der Waals surface area contributed by atoms with Gasteiger partial charge in [-0.3, -0.25) is 0 Å². The third-order valence-electron chi connectivity index (χ3n) is 3.85. The van der Waals surface area contributed by atoms with Gasteiger partial charge in [-0.05, 0) is 30.9 Å². The van der Waals surface area contributed by atoms with E-state index >= 15 is 0 Å². The van der Waals surface area contributed by atoms with Crippen molar-refractivity contribution in [1.29, 1.82) is 0 Å². The van der Waals surface area contributed by atoms with Crippen molar-refractivity contribution in [2.75, 3.05) is 31.6 Å². The van der Waals surface area contributed by atoms with Crippen LogP contribution in [0.5, 0.6) is 11.5 Å². The van der Waals surface area contributed by atoms with Crippen LogP contribution in [0.3, 0.4) is 0 Å². The van der Waals surface area contributed by atoms with Crippen molar-refractivity contribution in [3.05, 3.63) is 18.2 Å². The van der Waals surface area contributed by atoms with Crippen molar-refractivity contribution in [2.24, 2.45) is 5.92 Å². The third kappa shape index (κ3) is 3.05. The number of hydrogen-bond donors (Lipinski definition) is 0. The van der Waals surface area contributed by atoms with E-state index in [0.29, 0.717) is 43.7 Å². The van der Waals surface area contributed by atoms with Crippen molar-refractivity contribution < 1.29 is 17.9 Å². The lowest BCUT2D eigenvalue weighted by Gasteiger charge is -2.31. The molecule has 0 N–H and O–H groups in total. The lowest BCUT2D eigenvalue weighted by Crippen LogP contribution is -2.40. The number of halogens is 1. The summed E-state index contributed by atoms with van der Waals surface area (Å²) in [4.78, 5) is 0.280. The maximum atomic E-state index is 12.7. The number of rotatable bonds is 3.